The lowest BCUT2D eigenvalue weighted by Gasteiger charge is -2.27. The molecule has 1 aliphatic rings. The minimum atomic E-state index is -0.0580. The molecule has 1 fully saturated rings. The number of amides is 1. The van der Waals surface area contributed by atoms with Crippen LogP contribution in [0, 0.1) is 0 Å². The summed E-state index contributed by atoms with van der Waals surface area (Å²) in [5.74, 6) is 0.508. The van der Waals surface area contributed by atoms with E-state index in [1.165, 1.54) is 0 Å². The second-order valence-corrected chi connectivity index (χ2v) is 4.05. The summed E-state index contributed by atoms with van der Waals surface area (Å²) in [5, 5.41) is 0. The highest BCUT2D eigenvalue weighted by Crippen LogP contribution is 2.26. The second-order valence-electron chi connectivity index (χ2n) is 4.05. The third kappa shape index (κ3) is 2.56. The lowest BCUT2D eigenvalue weighted by molar-refractivity contribution is 0.0303. The predicted octanol–water partition coefficient (Wildman–Crippen LogP) is 1.14. The average Bonchev–Trinajstić information content (AvgIpc) is 2.42. The van der Waals surface area contributed by atoms with Gasteiger partial charge in [-0.15, -0.1) is 0 Å². The Bertz CT molecular complexity index is 428. The zero-order chi connectivity index (χ0) is 13.0. The smallest absolute Gasteiger partial charge is 0.256 e. The largest absolute Gasteiger partial charge is 0.492 e. The highest BCUT2D eigenvalue weighted by atomic mass is 16.5. The molecule has 0 radical (unpaired) electrons. The van der Waals surface area contributed by atoms with Crippen molar-refractivity contribution < 1.29 is 14.3 Å². The number of nitrogens with zero attached hydrogens (tertiary/aromatic N) is 1. The number of carbonyl (C=O) groups is 1. The average molecular weight is 250 g/mol. The molecule has 2 rings (SSSR count). The number of nitrogen functional groups attached to an aromatic ring is 1. The van der Waals surface area contributed by atoms with Crippen LogP contribution >= 0.6 is 0 Å². The van der Waals surface area contributed by atoms with Gasteiger partial charge >= 0.3 is 0 Å². The summed E-state index contributed by atoms with van der Waals surface area (Å²) >= 11 is 0. The molecule has 0 aliphatic carbocycles. The SMILES string of the molecule is CCOc1cccc(C(=O)N2CCOCC2)c1N. The quantitative estimate of drug-likeness (QED) is 0.817. The van der Waals surface area contributed by atoms with Gasteiger partial charge in [-0.05, 0) is 19.1 Å². The second kappa shape index (κ2) is 5.73. The molecular formula is C13H18N2O3. The first kappa shape index (κ1) is 12.7. The Labute approximate surface area is 106 Å². The number of hydrogen-bond acceptors (Lipinski definition) is 4. The Hall–Kier alpha value is -1.75. The molecule has 5 nitrogen and oxygen atoms in total. The van der Waals surface area contributed by atoms with Gasteiger partial charge in [0.05, 0.1) is 31.1 Å². The molecule has 1 heterocycles. The van der Waals surface area contributed by atoms with Crippen molar-refractivity contribution in [1.29, 1.82) is 0 Å². The Kier molecular flexibility index (Phi) is 4.04. The Morgan fingerprint density at radius 2 is 2.17 bits per heavy atom. The fraction of sp³-hybridized carbons (Fsp3) is 0.462. The summed E-state index contributed by atoms with van der Waals surface area (Å²) in [5.41, 5.74) is 6.89. The first-order chi connectivity index (χ1) is 8.74. The molecule has 1 saturated heterocycles. The highest BCUT2D eigenvalue weighted by Gasteiger charge is 2.21. The van der Waals surface area contributed by atoms with E-state index in [0.717, 1.165) is 0 Å². The number of benzene rings is 1. The van der Waals surface area contributed by atoms with Crippen LogP contribution in [0.5, 0.6) is 5.75 Å². The van der Waals surface area contributed by atoms with Crippen LogP contribution in [0.15, 0.2) is 18.2 Å². The molecule has 0 unspecified atom stereocenters. The molecule has 98 valence electrons. The number of para-hydroxylation sites is 1. The first-order valence-electron chi connectivity index (χ1n) is 6.12. The monoisotopic (exact) mass is 250 g/mol. The third-order valence-corrected chi connectivity index (χ3v) is 2.89. The first-order valence-corrected chi connectivity index (χ1v) is 6.12. The lowest BCUT2D eigenvalue weighted by atomic mass is 10.1. The molecular weight excluding hydrogens is 232 g/mol. The van der Waals surface area contributed by atoms with Gasteiger partial charge in [0.25, 0.3) is 5.91 Å². The van der Waals surface area contributed by atoms with Crippen LogP contribution in [0.1, 0.15) is 17.3 Å². The number of nitrogens with two attached hydrogens (primary N) is 1. The van der Waals surface area contributed by atoms with E-state index in [9.17, 15) is 4.79 Å². The fourth-order valence-corrected chi connectivity index (χ4v) is 1.95. The van der Waals surface area contributed by atoms with Crippen LogP contribution in [0.4, 0.5) is 5.69 Å². The van der Waals surface area contributed by atoms with Gasteiger partial charge < -0.3 is 20.1 Å². The molecule has 1 aromatic rings. The van der Waals surface area contributed by atoms with Gasteiger partial charge in [-0.3, -0.25) is 4.79 Å². The standard InChI is InChI=1S/C13H18N2O3/c1-2-18-11-5-3-4-10(12(11)14)13(16)15-6-8-17-9-7-15/h3-5H,2,6-9,14H2,1H3. The van der Waals surface area contributed by atoms with Gasteiger partial charge in [-0.2, -0.15) is 0 Å². The molecule has 0 atom stereocenters. The maximum atomic E-state index is 12.3. The zero-order valence-corrected chi connectivity index (χ0v) is 10.5. The van der Waals surface area contributed by atoms with Crippen molar-refractivity contribution in [2.24, 2.45) is 0 Å². The topological polar surface area (TPSA) is 64.8 Å². The van der Waals surface area contributed by atoms with E-state index in [4.69, 9.17) is 15.2 Å². The summed E-state index contributed by atoms with van der Waals surface area (Å²) in [6, 6.07) is 5.29. The maximum Gasteiger partial charge on any atom is 0.256 e. The number of carbonyl (C=O) groups excluding carboxylic acids is 1. The number of rotatable bonds is 3. The van der Waals surface area contributed by atoms with Crippen LogP contribution in [0.25, 0.3) is 0 Å². The normalized spacial score (nSPS) is 15.5. The van der Waals surface area contributed by atoms with Crippen molar-refractivity contribution in [2.75, 3.05) is 38.6 Å². The molecule has 0 bridgehead atoms. The van der Waals surface area contributed by atoms with E-state index < -0.39 is 0 Å². The van der Waals surface area contributed by atoms with E-state index in [1.54, 1.807) is 23.1 Å². The zero-order valence-electron chi connectivity index (χ0n) is 10.5. The third-order valence-electron chi connectivity index (χ3n) is 2.89. The van der Waals surface area contributed by atoms with E-state index in [1.807, 2.05) is 6.92 Å². The summed E-state index contributed by atoms with van der Waals surface area (Å²) in [6.45, 7) is 4.79. The molecule has 1 amide bonds. The van der Waals surface area contributed by atoms with Crippen molar-refractivity contribution in [3.05, 3.63) is 23.8 Å². The molecule has 5 heteroatoms. The molecule has 0 spiro atoms. The summed E-state index contributed by atoms with van der Waals surface area (Å²) in [6.07, 6.45) is 0. The van der Waals surface area contributed by atoms with E-state index in [0.29, 0.717) is 49.9 Å². The molecule has 0 saturated carbocycles. The van der Waals surface area contributed by atoms with Crippen LogP contribution in [0.2, 0.25) is 0 Å². The van der Waals surface area contributed by atoms with Gasteiger partial charge in [0.2, 0.25) is 0 Å². The van der Waals surface area contributed by atoms with Gasteiger partial charge in [-0.1, -0.05) is 6.07 Å². The van der Waals surface area contributed by atoms with Gasteiger partial charge in [-0.25, -0.2) is 0 Å². The van der Waals surface area contributed by atoms with Crippen molar-refractivity contribution in [3.8, 4) is 5.75 Å². The Morgan fingerprint density at radius 1 is 1.44 bits per heavy atom. The molecule has 1 aliphatic heterocycles. The minimum absolute atomic E-state index is 0.0580. The van der Waals surface area contributed by atoms with E-state index >= 15 is 0 Å². The van der Waals surface area contributed by atoms with E-state index in [2.05, 4.69) is 0 Å². The van der Waals surface area contributed by atoms with Crippen LogP contribution in [0.3, 0.4) is 0 Å². The summed E-state index contributed by atoms with van der Waals surface area (Å²) in [7, 11) is 0. The fourth-order valence-electron chi connectivity index (χ4n) is 1.95. The number of anilines is 1. The number of hydrogen-bond donors (Lipinski definition) is 1. The van der Waals surface area contributed by atoms with Crippen molar-refractivity contribution in [2.45, 2.75) is 6.92 Å². The van der Waals surface area contributed by atoms with Crippen LogP contribution < -0.4 is 10.5 Å². The Morgan fingerprint density at radius 3 is 2.83 bits per heavy atom. The molecule has 0 aromatic heterocycles. The van der Waals surface area contributed by atoms with Crippen LogP contribution in [-0.4, -0.2) is 43.7 Å². The molecule has 1 aromatic carbocycles. The summed E-state index contributed by atoms with van der Waals surface area (Å²) in [4.78, 5) is 14.1. The summed E-state index contributed by atoms with van der Waals surface area (Å²) < 4.78 is 10.6. The van der Waals surface area contributed by atoms with Crippen molar-refractivity contribution in [1.82, 2.24) is 4.90 Å². The highest BCUT2D eigenvalue weighted by molar-refractivity contribution is 6.00. The van der Waals surface area contributed by atoms with Crippen molar-refractivity contribution >= 4 is 11.6 Å². The predicted molar refractivity (Wildman–Crippen MR) is 68.7 cm³/mol. The van der Waals surface area contributed by atoms with Crippen molar-refractivity contribution in [3.63, 3.8) is 0 Å². The van der Waals surface area contributed by atoms with Gasteiger partial charge in [0, 0.05) is 13.1 Å². The number of morpholine rings is 1. The van der Waals surface area contributed by atoms with E-state index in [-0.39, 0.29) is 5.91 Å². The van der Waals surface area contributed by atoms with Gasteiger partial charge in [0.1, 0.15) is 5.75 Å². The Balaban J connectivity index is 2.21. The van der Waals surface area contributed by atoms with Crippen LogP contribution in [-0.2, 0) is 4.74 Å². The van der Waals surface area contributed by atoms with Gasteiger partial charge in [0.15, 0.2) is 0 Å². The lowest BCUT2D eigenvalue weighted by Crippen LogP contribution is -2.40. The minimum Gasteiger partial charge on any atom is -0.492 e. The number of ether oxygens (including phenoxy) is 2. The molecule has 2 N–H and O–H groups in total. The maximum absolute atomic E-state index is 12.3. The molecule has 18 heavy (non-hydrogen) atoms.